The monoisotopic (exact) mass is 279 g/mol. The number of hydrogen-bond acceptors (Lipinski definition) is 2. The number of benzene rings is 2. The van der Waals surface area contributed by atoms with Crippen LogP contribution in [-0.4, -0.2) is 15.6 Å². The minimum atomic E-state index is -1.03. The van der Waals surface area contributed by atoms with Gasteiger partial charge in [-0.05, 0) is 17.2 Å². The number of carboxylic acids is 1. The van der Waals surface area contributed by atoms with E-state index in [0.717, 1.165) is 16.5 Å². The molecule has 0 saturated carbocycles. The van der Waals surface area contributed by atoms with Crippen molar-refractivity contribution >= 4 is 16.9 Å². The average Bonchev–Trinajstić information content (AvgIpc) is 2.50. The third-order valence-corrected chi connectivity index (χ3v) is 3.40. The maximum atomic E-state index is 12.3. The summed E-state index contributed by atoms with van der Waals surface area (Å²) in [6.45, 7) is -0.339. The lowest BCUT2D eigenvalue weighted by Gasteiger charge is -2.12. The second-order valence-electron chi connectivity index (χ2n) is 4.76. The lowest BCUT2D eigenvalue weighted by Crippen LogP contribution is -2.24. The van der Waals surface area contributed by atoms with Crippen LogP contribution in [-0.2, 0) is 11.3 Å². The van der Waals surface area contributed by atoms with Crippen LogP contribution in [0.15, 0.2) is 65.5 Å². The van der Waals surface area contributed by atoms with E-state index in [0.29, 0.717) is 5.52 Å². The molecule has 0 amide bonds. The Hall–Kier alpha value is -2.88. The molecule has 0 bridgehead atoms. The van der Waals surface area contributed by atoms with Crippen LogP contribution >= 0.6 is 0 Å². The van der Waals surface area contributed by atoms with Gasteiger partial charge in [-0.1, -0.05) is 48.5 Å². The van der Waals surface area contributed by atoms with Crippen LogP contribution in [0.3, 0.4) is 0 Å². The van der Waals surface area contributed by atoms with E-state index in [1.807, 2.05) is 42.5 Å². The number of fused-ring (bicyclic) bond motifs is 1. The van der Waals surface area contributed by atoms with Gasteiger partial charge in [-0.15, -0.1) is 0 Å². The first-order valence-electron chi connectivity index (χ1n) is 6.56. The second-order valence-corrected chi connectivity index (χ2v) is 4.76. The summed E-state index contributed by atoms with van der Waals surface area (Å²) in [5, 5.41) is 9.84. The Labute approximate surface area is 120 Å². The Bertz CT molecular complexity index is 866. The maximum Gasteiger partial charge on any atom is 0.323 e. The predicted octanol–water partition coefficient (Wildman–Crippen LogP) is 2.75. The van der Waals surface area contributed by atoms with E-state index >= 15 is 0 Å². The fourth-order valence-electron chi connectivity index (χ4n) is 2.49. The zero-order valence-electron chi connectivity index (χ0n) is 11.2. The van der Waals surface area contributed by atoms with Gasteiger partial charge in [0.15, 0.2) is 0 Å². The molecule has 4 nitrogen and oxygen atoms in total. The van der Waals surface area contributed by atoms with Crippen molar-refractivity contribution in [2.75, 3.05) is 0 Å². The topological polar surface area (TPSA) is 59.3 Å². The molecule has 1 aromatic heterocycles. The zero-order valence-corrected chi connectivity index (χ0v) is 11.2. The molecular formula is C17H13NO3. The van der Waals surface area contributed by atoms with Gasteiger partial charge in [0.05, 0.1) is 5.52 Å². The highest BCUT2D eigenvalue weighted by Crippen LogP contribution is 2.26. The molecule has 0 unspecified atom stereocenters. The number of nitrogens with zero attached hydrogens (tertiary/aromatic N) is 1. The van der Waals surface area contributed by atoms with Crippen LogP contribution < -0.4 is 5.56 Å². The van der Waals surface area contributed by atoms with Crippen molar-refractivity contribution in [1.82, 2.24) is 4.57 Å². The van der Waals surface area contributed by atoms with Gasteiger partial charge in [-0.25, -0.2) is 0 Å². The van der Waals surface area contributed by atoms with Crippen molar-refractivity contribution in [2.45, 2.75) is 6.54 Å². The molecule has 0 saturated heterocycles. The molecule has 4 heteroatoms. The standard InChI is InChI=1S/C17H13NO3/c19-16-10-14(12-6-2-1-3-7-12)13-8-4-5-9-15(13)18(16)11-17(20)21/h1-10H,11H2,(H,20,21). The summed E-state index contributed by atoms with van der Waals surface area (Å²) in [7, 11) is 0. The van der Waals surface area contributed by atoms with Crippen LogP contribution in [0.4, 0.5) is 0 Å². The fourth-order valence-corrected chi connectivity index (χ4v) is 2.49. The molecule has 0 atom stereocenters. The van der Waals surface area contributed by atoms with Crippen LogP contribution in [0.25, 0.3) is 22.0 Å². The van der Waals surface area contributed by atoms with E-state index in [4.69, 9.17) is 5.11 Å². The average molecular weight is 279 g/mol. The lowest BCUT2D eigenvalue weighted by molar-refractivity contribution is -0.137. The summed E-state index contributed by atoms with van der Waals surface area (Å²) < 4.78 is 1.28. The highest BCUT2D eigenvalue weighted by molar-refractivity contribution is 5.95. The van der Waals surface area contributed by atoms with E-state index in [-0.39, 0.29) is 12.1 Å². The van der Waals surface area contributed by atoms with Gasteiger partial charge >= 0.3 is 5.97 Å². The predicted molar refractivity (Wildman–Crippen MR) is 81.3 cm³/mol. The molecule has 2 aromatic carbocycles. The molecule has 1 N–H and O–H groups in total. The highest BCUT2D eigenvalue weighted by Gasteiger charge is 2.11. The molecule has 0 aliphatic heterocycles. The first-order chi connectivity index (χ1) is 10.2. The molecular weight excluding hydrogens is 266 g/mol. The fraction of sp³-hybridized carbons (Fsp3) is 0.0588. The van der Waals surface area contributed by atoms with Crippen LogP contribution in [0.1, 0.15) is 0 Å². The summed E-state index contributed by atoms with van der Waals surface area (Å²) >= 11 is 0. The van der Waals surface area contributed by atoms with Crippen molar-refractivity contribution in [3.05, 3.63) is 71.0 Å². The molecule has 0 fully saturated rings. The van der Waals surface area contributed by atoms with Gasteiger partial charge < -0.3 is 5.11 Å². The molecule has 1 heterocycles. The second kappa shape index (κ2) is 5.25. The first-order valence-corrected chi connectivity index (χ1v) is 6.56. The van der Waals surface area contributed by atoms with Crippen LogP contribution in [0.5, 0.6) is 0 Å². The Morgan fingerprint density at radius 1 is 1.00 bits per heavy atom. The quantitative estimate of drug-likeness (QED) is 0.802. The number of carbonyl (C=O) groups is 1. The molecule has 3 rings (SSSR count). The number of para-hydroxylation sites is 1. The van der Waals surface area contributed by atoms with E-state index in [1.165, 1.54) is 10.6 Å². The van der Waals surface area contributed by atoms with Gasteiger partial charge in [0, 0.05) is 11.5 Å². The van der Waals surface area contributed by atoms with Crippen molar-refractivity contribution in [1.29, 1.82) is 0 Å². The van der Waals surface area contributed by atoms with Gasteiger partial charge in [0.2, 0.25) is 0 Å². The number of carboxylic acid groups (broad SMARTS) is 1. The van der Waals surface area contributed by atoms with Crippen LogP contribution in [0, 0.1) is 0 Å². The molecule has 104 valence electrons. The smallest absolute Gasteiger partial charge is 0.323 e. The number of aliphatic carboxylic acids is 1. The number of rotatable bonds is 3. The van der Waals surface area contributed by atoms with E-state index in [9.17, 15) is 9.59 Å². The summed E-state index contributed by atoms with van der Waals surface area (Å²) in [6, 6.07) is 18.4. The minimum Gasteiger partial charge on any atom is -0.480 e. The molecule has 0 aliphatic carbocycles. The summed E-state index contributed by atoms with van der Waals surface area (Å²) in [5.74, 6) is -1.03. The number of pyridine rings is 1. The molecule has 0 aliphatic rings. The van der Waals surface area contributed by atoms with Crippen LogP contribution in [0.2, 0.25) is 0 Å². The van der Waals surface area contributed by atoms with Crippen molar-refractivity contribution < 1.29 is 9.90 Å². The third kappa shape index (κ3) is 2.43. The van der Waals surface area contributed by atoms with Gasteiger partial charge in [-0.2, -0.15) is 0 Å². The van der Waals surface area contributed by atoms with Crippen molar-refractivity contribution in [2.24, 2.45) is 0 Å². The molecule has 3 aromatic rings. The normalized spacial score (nSPS) is 10.7. The minimum absolute atomic E-state index is 0.310. The molecule has 0 radical (unpaired) electrons. The summed E-state index contributed by atoms with van der Waals surface area (Å²) in [4.78, 5) is 23.2. The van der Waals surface area contributed by atoms with E-state index in [1.54, 1.807) is 12.1 Å². The van der Waals surface area contributed by atoms with Gasteiger partial charge in [0.25, 0.3) is 5.56 Å². The SMILES string of the molecule is O=C(O)Cn1c(=O)cc(-c2ccccc2)c2ccccc21. The Balaban J connectivity index is 2.34. The Morgan fingerprint density at radius 3 is 2.38 bits per heavy atom. The number of hydrogen-bond donors (Lipinski definition) is 1. The largest absolute Gasteiger partial charge is 0.480 e. The maximum absolute atomic E-state index is 12.3. The highest BCUT2D eigenvalue weighted by atomic mass is 16.4. The lowest BCUT2D eigenvalue weighted by atomic mass is 10.0. The van der Waals surface area contributed by atoms with E-state index < -0.39 is 5.97 Å². The van der Waals surface area contributed by atoms with Gasteiger partial charge in [0.1, 0.15) is 6.54 Å². The first kappa shape index (κ1) is 13.1. The van der Waals surface area contributed by atoms with Crippen molar-refractivity contribution in [3.8, 4) is 11.1 Å². The number of aromatic nitrogens is 1. The van der Waals surface area contributed by atoms with Crippen molar-refractivity contribution in [3.63, 3.8) is 0 Å². The Kier molecular flexibility index (Phi) is 3.28. The summed E-state index contributed by atoms with van der Waals surface area (Å²) in [6.07, 6.45) is 0. The zero-order chi connectivity index (χ0) is 14.8. The van der Waals surface area contributed by atoms with Gasteiger partial charge in [-0.3, -0.25) is 14.2 Å². The van der Waals surface area contributed by atoms with E-state index in [2.05, 4.69) is 0 Å². The summed E-state index contributed by atoms with van der Waals surface area (Å²) in [5.41, 5.74) is 2.08. The third-order valence-electron chi connectivity index (χ3n) is 3.40. The Morgan fingerprint density at radius 2 is 1.67 bits per heavy atom. The molecule has 0 spiro atoms. The molecule has 21 heavy (non-hydrogen) atoms.